The molecule has 0 aliphatic heterocycles. The normalized spacial score (nSPS) is 11.9. The van der Waals surface area contributed by atoms with Crippen LogP contribution in [0.2, 0.25) is 0 Å². The predicted molar refractivity (Wildman–Crippen MR) is 146 cm³/mol. The summed E-state index contributed by atoms with van der Waals surface area (Å²) in [4.78, 5) is 13.5. The maximum absolute atomic E-state index is 12.6. The van der Waals surface area contributed by atoms with Crippen molar-refractivity contribution in [3.05, 3.63) is 71.4 Å². The number of ether oxygens (including phenoxy) is 2. The highest BCUT2D eigenvalue weighted by atomic mass is 32.2. The van der Waals surface area contributed by atoms with E-state index in [0.29, 0.717) is 21.8 Å². The summed E-state index contributed by atoms with van der Waals surface area (Å²) in [7, 11) is -3.63. The molecular formula is C27H24F2N4O4S2. The van der Waals surface area contributed by atoms with Gasteiger partial charge in [0.1, 0.15) is 17.4 Å². The molecule has 0 unspecified atom stereocenters. The number of nitrogens with one attached hydrogen (secondary N) is 1. The molecule has 0 aliphatic rings. The van der Waals surface area contributed by atoms with Crippen LogP contribution in [0, 0.1) is 20.8 Å². The van der Waals surface area contributed by atoms with Gasteiger partial charge in [0.05, 0.1) is 32.3 Å². The molecule has 39 heavy (non-hydrogen) atoms. The maximum Gasteiger partial charge on any atom is 0.388 e. The molecule has 12 heteroatoms. The second-order valence-corrected chi connectivity index (χ2v) is 11.7. The van der Waals surface area contributed by atoms with E-state index < -0.39 is 16.6 Å². The number of hydrogen-bond donors (Lipinski definition) is 1. The molecule has 3 aromatic carbocycles. The van der Waals surface area contributed by atoms with Crippen molar-refractivity contribution >= 4 is 42.6 Å². The zero-order valence-corrected chi connectivity index (χ0v) is 22.9. The third-order valence-electron chi connectivity index (χ3n) is 5.86. The fourth-order valence-electron chi connectivity index (χ4n) is 4.07. The third-order valence-corrected chi connectivity index (χ3v) is 8.37. The van der Waals surface area contributed by atoms with Crippen LogP contribution in [0.4, 0.5) is 8.78 Å². The molecule has 0 amide bonds. The highest BCUT2D eigenvalue weighted by molar-refractivity contribution is 7.89. The van der Waals surface area contributed by atoms with E-state index in [1.165, 1.54) is 17.5 Å². The van der Waals surface area contributed by atoms with Gasteiger partial charge in [-0.1, -0.05) is 17.7 Å². The summed E-state index contributed by atoms with van der Waals surface area (Å²) in [6, 6.07) is 14.0. The number of aromatic nitrogens is 3. The van der Waals surface area contributed by atoms with Crippen molar-refractivity contribution in [2.75, 3.05) is 13.2 Å². The predicted octanol–water partition coefficient (Wildman–Crippen LogP) is 5.79. The van der Waals surface area contributed by atoms with Crippen LogP contribution in [0.3, 0.4) is 0 Å². The molecule has 0 saturated heterocycles. The SMILES string of the molecule is Cc1ccc(S(=O)(=O)NCCOc2cc(C)c3nc(-c4cc(C)cc5nc(OC(F)F)cnc45)sc3c2)cc1. The van der Waals surface area contributed by atoms with Crippen molar-refractivity contribution in [2.45, 2.75) is 32.3 Å². The van der Waals surface area contributed by atoms with Gasteiger partial charge < -0.3 is 9.47 Å². The number of sulfonamides is 1. The zero-order valence-electron chi connectivity index (χ0n) is 21.2. The van der Waals surface area contributed by atoms with Crippen LogP contribution in [0.5, 0.6) is 11.6 Å². The minimum atomic E-state index is -3.63. The number of hydrogen-bond acceptors (Lipinski definition) is 8. The van der Waals surface area contributed by atoms with Crippen molar-refractivity contribution < 1.29 is 26.7 Å². The van der Waals surface area contributed by atoms with Gasteiger partial charge in [-0.25, -0.2) is 28.1 Å². The van der Waals surface area contributed by atoms with Crippen molar-refractivity contribution in [3.63, 3.8) is 0 Å². The first-order valence-corrected chi connectivity index (χ1v) is 14.2. The van der Waals surface area contributed by atoms with Crippen LogP contribution in [-0.4, -0.2) is 43.1 Å². The summed E-state index contributed by atoms with van der Waals surface area (Å²) in [5.74, 6) is 0.338. The Morgan fingerprint density at radius 3 is 2.49 bits per heavy atom. The lowest BCUT2D eigenvalue weighted by molar-refractivity contribution is -0.0528. The number of thiazole rings is 1. The topological polar surface area (TPSA) is 103 Å². The zero-order chi connectivity index (χ0) is 27.7. The van der Waals surface area contributed by atoms with Gasteiger partial charge in [-0.2, -0.15) is 8.78 Å². The van der Waals surface area contributed by atoms with Crippen molar-refractivity contribution in [1.29, 1.82) is 0 Å². The molecule has 0 atom stereocenters. The van der Waals surface area contributed by atoms with E-state index in [0.717, 1.165) is 32.5 Å². The molecule has 0 fully saturated rings. The number of alkyl halides is 2. The molecule has 5 aromatic rings. The van der Waals surface area contributed by atoms with Gasteiger partial charge in [-0.3, -0.25) is 0 Å². The van der Waals surface area contributed by atoms with E-state index in [4.69, 9.17) is 9.72 Å². The summed E-state index contributed by atoms with van der Waals surface area (Å²) in [5, 5.41) is 0.696. The Morgan fingerprint density at radius 2 is 1.74 bits per heavy atom. The van der Waals surface area contributed by atoms with Gasteiger partial charge in [0, 0.05) is 12.1 Å². The Kier molecular flexibility index (Phi) is 7.43. The number of fused-ring (bicyclic) bond motifs is 2. The molecule has 2 heterocycles. The Balaban J connectivity index is 1.35. The quantitative estimate of drug-likeness (QED) is 0.224. The van der Waals surface area contributed by atoms with Crippen molar-refractivity contribution in [3.8, 4) is 22.2 Å². The van der Waals surface area contributed by atoms with Gasteiger partial charge in [0.25, 0.3) is 0 Å². The lowest BCUT2D eigenvalue weighted by atomic mass is 10.1. The minimum absolute atomic E-state index is 0.104. The lowest BCUT2D eigenvalue weighted by Gasteiger charge is -2.09. The summed E-state index contributed by atoms with van der Waals surface area (Å²) >= 11 is 1.44. The van der Waals surface area contributed by atoms with Crippen LogP contribution < -0.4 is 14.2 Å². The number of nitrogens with zero attached hydrogens (tertiary/aromatic N) is 3. The maximum atomic E-state index is 12.6. The average molecular weight is 571 g/mol. The molecule has 0 aliphatic carbocycles. The largest absolute Gasteiger partial charge is 0.492 e. The molecule has 2 aromatic heterocycles. The average Bonchev–Trinajstić information content (AvgIpc) is 3.31. The van der Waals surface area contributed by atoms with Gasteiger partial charge in [0.2, 0.25) is 15.9 Å². The van der Waals surface area contributed by atoms with Crippen LogP contribution in [-0.2, 0) is 10.0 Å². The molecule has 0 saturated carbocycles. The Bertz CT molecular complexity index is 1780. The number of rotatable bonds is 9. The Labute approximate surface area is 227 Å². The number of halogens is 2. The summed E-state index contributed by atoms with van der Waals surface area (Å²) in [6.07, 6.45) is 1.17. The van der Waals surface area contributed by atoms with E-state index in [1.54, 1.807) is 30.3 Å². The fourth-order valence-corrected chi connectivity index (χ4v) is 6.17. The first-order valence-electron chi connectivity index (χ1n) is 11.9. The van der Waals surface area contributed by atoms with Gasteiger partial charge >= 0.3 is 6.61 Å². The molecule has 8 nitrogen and oxygen atoms in total. The third kappa shape index (κ3) is 5.97. The van der Waals surface area contributed by atoms with Crippen LogP contribution in [0.1, 0.15) is 16.7 Å². The fraction of sp³-hybridized carbons (Fsp3) is 0.222. The molecule has 0 radical (unpaired) electrons. The van der Waals surface area contributed by atoms with Crippen LogP contribution in [0.25, 0.3) is 31.8 Å². The summed E-state index contributed by atoms with van der Waals surface area (Å²) in [5.41, 5.74) is 5.21. The smallest absolute Gasteiger partial charge is 0.388 e. The Hall–Kier alpha value is -3.74. The summed E-state index contributed by atoms with van der Waals surface area (Å²) < 4.78 is 63.9. The van der Waals surface area contributed by atoms with E-state index >= 15 is 0 Å². The monoisotopic (exact) mass is 570 g/mol. The van der Waals surface area contributed by atoms with E-state index in [1.807, 2.05) is 39.0 Å². The van der Waals surface area contributed by atoms with E-state index in [2.05, 4.69) is 19.4 Å². The van der Waals surface area contributed by atoms with E-state index in [9.17, 15) is 17.2 Å². The molecule has 1 N–H and O–H groups in total. The molecular weight excluding hydrogens is 546 g/mol. The molecule has 0 bridgehead atoms. The standard InChI is InChI=1S/C27H24F2N4O4S2/c1-15-4-6-19(7-5-15)39(34,35)31-8-9-36-18-12-17(3)24-22(13-18)38-26(33-24)20-10-16(2)11-21-25(20)30-14-23(32-21)37-27(28)29/h4-7,10-14,27,31H,8-9H2,1-3H3. The number of benzene rings is 3. The first-order chi connectivity index (χ1) is 18.6. The van der Waals surface area contributed by atoms with Gasteiger partial charge in [-0.05, 0) is 68.3 Å². The van der Waals surface area contributed by atoms with Crippen molar-refractivity contribution in [2.24, 2.45) is 0 Å². The van der Waals surface area contributed by atoms with Gasteiger partial charge in [-0.15, -0.1) is 11.3 Å². The minimum Gasteiger partial charge on any atom is -0.492 e. The van der Waals surface area contributed by atoms with Gasteiger partial charge in [0.15, 0.2) is 0 Å². The van der Waals surface area contributed by atoms with Crippen molar-refractivity contribution in [1.82, 2.24) is 19.7 Å². The summed E-state index contributed by atoms with van der Waals surface area (Å²) in [6.45, 7) is 2.95. The van der Waals surface area contributed by atoms with E-state index in [-0.39, 0.29) is 23.9 Å². The molecule has 5 rings (SSSR count). The lowest BCUT2D eigenvalue weighted by Crippen LogP contribution is -2.28. The Morgan fingerprint density at radius 1 is 0.974 bits per heavy atom. The van der Waals surface area contributed by atoms with Crippen LogP contribution >= 0.6 is 11.3 Å². The highest BCUT2D eigenvalue weighted by Gasteiger charge is 2.17. The van der Waals surface area contributed by atoms with Crippen LogP contribution in [0.15, 0.2) is 59.6 Å². The number of aryl methyl sites for hydroxylation is 3. The first kappa shape index (κ1) is 26.9. The second-order valence-electron chi connectivity index (χ2n) is 8.93. The highest BCUT2D eigenvalue weighted by Crippen LogP contribution is 2.37. The molecule has 202 valence electrons. The molecule has 0 spiro atoms. The second kappa shape index (κ2) is 10.8.